The minimum atomic E-state index is -3.69. The molecule has 0 fully saturated rings. The van der Waals surface area contributed by atoms with Gasteiger partial charge in [-0.15, -0.1) is 0 Å². The highest BCUT2D eigenvalue weighted by Gasteiger charge is 2.14. The molecule has 1 aromatic heterocycles. The molecule has 0 bridgehead atoms. The Morgan fingerprint density at radius 2 is 2.04 bits per heavy atom. The molecule has 1 heterocycles. The van der Waals surface area contributed by atoms with Gasteiger partial charge in [-0.25, -0.2) is 18.1 Å². The first-order valence-corrected chi connectivity index (χ1v) is 8.71. The number of anilines is 1. The first-order valence-electron chi connectivity index (χ1n) is 6.85. The summed E-state index contributed by atoms with van der Waals surface area (Å²) in [5, 5.41) is 2.97. The zero-order valence-corrected chi connectivity index (χ0v) is 14.0. The maximum atomic E-state index is 12.1. The molecular formula is C15H16ClN3O3S. The molecule has 0 spiro atoms. The molecule has 23 heavy (non-hydrogen) atoms. The van der Waals surface area contributed by atoms with Gasteiger partial charge >= 0.3 is 0 Å². The Bertz CT molecular complexity index is 809. The molecule has 0 saturated carbocycles. The highest BCUT2D eigenvalue weighted by Crippen LogP contribution is 2.15. The van der Waals surface area contributed by atoms with Gasteiger partial charge in [0, 0.05) is 24.2 Å². The van der Waals surface area contributed by atoms with E-state index < -0.39 is 10.0 Å². The maximum Gasteiger partial charge on any atom is 0.240 e. The standard InChI is InChI=1S/C15H16ClN3O3S/c1-11-4-3-8-17-15(11)19-14(20)7-9-18-23(21,22)13-6-2-5-12(16)10-13/h2-6,8,10,18H,7,9H2,1H3,(H,17,19,20). The summed E-state index contributed by atoms with van der Waals surface area (Å²) in [6, 6.07) is 9.51. The van der Waals surface area contributed by atoms with Crippen molar-refractivity contribution in [1.82, 2.24) is 9.71 Å². The quantitative estimate of drug-likeness (QED) is 0.834. The van der Waals surface area contributed by atoms with Gasteiger partial charge in [0.15, 0.2) is 0 Å². The normalized spacial score (nSPS) is 11.2. The number of carbonyl (C=O) groups excluding carboxylic acids is 1. The fraction of sp³-hybridized carbons (Fsp3) is 0.200. The number of carbonyl (C=O) groups is 1. The number of halogens is 1. The number of amides is 1. The van der Waals surface area contributed by atoms with Crippen molar-refractivity contribution in [2.24, 2.45) is 0 Å². The van der Waals surface area contributed by atoms with Gasteiger partial charge in [0.05, 0.1) is 4.90 Å². The second-order valence-electron chi connectivity index (χ2n) is 4.82. The molecule has 6 nitrogen and oxygen atoms in total. The topological polar surface area (TPSA) is 88.2 Å². The lowest BCUT2D eigenvalue weighted by atomic mass is 10.3. The molecule has 0 aliphatic heterocycles. The van der Waals surface area contributed by atoms with Crippen molar-refractivity contribution in [3.05, 3.63) is 53.2 Å². The Morgan fingerprint density at radius 1 is 1.26 bits per heavy atom. The van der Waals surface area contributed by atoms with E-state index in [0.29, 0.717) is 10.8 Å². The van der Waals surface area contributed by atoms with Gasteiger partial charge in [0.1, 0.15) is 5.82 Å². The molecule has 0 saturated heterocycles. The first-order chi connectivity index (χ1) is 10.9. The lowest BCUT2D eigenvalue weighted by Gasteiger charge is -2.08. The van der Waals surface area contributed by atoms with Crippen LogP contribution in [0.5, 0.6) is 0 Å². The molecule has 122 valence electrons. The molecule has 2 rings (SSSR count). The van der Waals surface area contributed by atoms with Crippen molar-refractivity contribution >= 4 is 33.3 Å². The minimum Gasteiger partial charge on any atom is -0.310 e. The van der Waals surface area contributed by atoms with Crippen LogP contribution < -0.4 is 10.0 Å². The number of pyridine rings is 1. The zero-order chi connectivity index (χ0) is 16.9. The third-order valence-corrected chi connectivity index (χ3v) is 4.71. The fourth-order valence-corrected chi connectivity index (χ4v) is 3.16. The van der Waals surface area contributed by atoms with Crippen molar-refractivity contribution < 1.29 is 13.2 Å². The molecule has 0 radical (unpaired) electrons. The fourth-order valence-electron chi connectivity index (χ4n) is 1.83. The van der Waals surface area contributed by atoms with E-state index in [0.717, 1.165) is 5.56 Å². The summed E-state index contributed by atoms with van der Waals surface area (Å²) in [7, 11) is -3.69. The van der Waals surface area contributed by atoms with Gasteiger partial charge in [-0.1, -0.05) is 23.7 Å². The van der Waals surface area contributed by atoms with E-state index in [1.54, 1.807) is 24.4 Å². The predicted molar refractivity (Wildman–Crippen MR) is 88.9 cm³/mol. The third-order valence-electron chi connectivity index (χ3n) is 3.02. The van der Waals surface area contributed by atoms with Gasteiger partial charge in [-0.3, -0.25) is 4.79 Å². The van der Waals surface area contributed by atoms with E-state index in [1.165, 1.54) is 12.1 Å². The van der Waals surface area contributed by atoms with Crippen LogP contribution in [-0.4, -0.2) is 25.9 Å². The maximum absolute atomic E-state index is 12.1. The monoisotopic (exact) mass is 353 g/mol. The van der Waals surface area contributed by atoms with Gasteiger partial charge in [-0.2, -0.15) is 0 Å². The van der Waals surface area contributed by atoms with E-state index in [4.69, 9.17) is 11.6 Å². The van der Waals surface area contributed by atoms with Crippen molar-refractivity contribution in [3.63, 3.8) is 0 Å². The molecule has 0 aliphatic rings. The first kappa shape index (κ1) is 17.4. The third kappa shape index (κ3) is 5.02. The number of hydrogen-bond donors (Lipinski definition) is 2. The summed E-state index contributed by atoms with van der Waals surface area (Å²) in [6.07, 6.45) is 1.57. The van der Waals surface area contributed by atoms with Crippen LogP contribution in [0.4, 0.5) is 5.82 Å². The van der Waals surface area contributed by atoms with Gasteiger partial charge in [-0.05, 0) is 36.8 Å². The number of aryl methyl sites for hydroxylation is 1. The van der Waals surface area contributed by atoms with E-state index in [-0.39, 0.29) is 23.8 Å². The smallest absolute Gasteiger partial charge is 0.240 e. The van der Waals surface area contributed by atoms with Crippen LogP contribution in [0.25, 0.3) is 0 Å². The minimum absolute atomic E-state index is 0.00416. The van der Waals surface area contributed by atoms with E-state index in [2.05, 4.69) is 15.0 Å². The molecule has 0 atom stereocenters. The largest absolute Gasteiger partial charge is 0.310 e. The SMILES string of the molecule is Cc1cccnc1NC(=O)CCNS(=O)(=O)c1cccc(Cl)c1. The molecule has 0 unspecified atom stereocenters. The number of hydrogen-bond acceptors (Lipinski definition) is 4. The van der Waals surface area contributed by atoms with Crippen LogP contribution in [0.1, 0.15) is 12.0 Å². The van der Waals surface area contributed by atoms with Crippen molar-refractivity contribution in [2.45, 2.75) is 18.2 Å². The van der Waals surface area contributed by atoms with Gasteiger partial charge in [0.2, 0.25) is 15.9 Å². The van der Waals surface area contributed by atoms with Crippen molar-refractivity contribution in [1.29, 1.82) is 0 Å². The number of nitrogens with zero attached hydrogens (tertiary/aromatic N) is 1. The van der Waals surface area contributed by atoms with Crippen molar-refractivity contribution in [3.8, 4) is 0 Å². The molecule has 2 aromatic rings. The molecule has 8 heteroatoms. The lowest BCUT2D eigenvalue weighted by Crippen LogP contribution is -2.28. The molecule has 1 amide bonds. The molecular weight excluding hydrogens is 338 g/mol. The summed E-state index contributed by atoms with van der Waals surface area (Å²) >= 11 is 5.78. The van der Waals surface area contributed by atoms with E-state index >= 15 is 0 Å². The van der Waals surface area contributed by atoms with Gasteiger partial charge in [0.25, 0.3) is 0 Å². The second kappa shape index (κ2) is 7.54. The van der Waals surface area contributed by atoms with Crippen LogP contribution in [0.3, 0.4) is 0 Å². The molecule has 2 N–H and O–H groups in total. The van der Waals surface area contributed by atoms with Crippen LogP contribution in [0.2, 0.25) is 5.02 Å². The Kier molecular flexibility index (Phi) is 5.70. The number of benzene rings is 1. The zero-order valence-electron chi connectivity index (χ0n) is 12.4. The van der Waals surface area contributed by atoms with Crippen molar-refractivity contribution in [2.75, 3.05) is 11.9 Å². The summed E-state index contributed by atoms with van der Waals surface area (Å²) in [5.74, 6) is 0.149. The van der Waals surface area contributed by atoms with Crippen LogP contribution in [0.15, 0.2) is 47.5 Å². The van der Waals surface area contributed by atoms with Crippen LogP contribution in [0, 0.1) is 6.92 Å². The van der Waals surface area contributed by atoms with Gasteiger partial charge < -0.3 is 5.32 Å². The van der Waals surface area contributed by atoms with E-state index in [1.807, 2.05) is 13.0 Å². The number of nitrogens with one attached hydrogen (secondary N) is 2. The Hall–Kier alpha value is -1.96. The number of sulfonamides is 1. The second-order valence-corrected chi connectivity index (χ2v) is 7.03. The summed E-state index contributed by atoms with van der Waals surface area (Å²) in [5.41, 5.74) is 0.834. The number of aromatic nitrogens is 1. The highest BCUT2D eigenvalue weighted by molar-refractivity contribution is 7.89. The van der Waals surface area contributed by atoms with Crippen LogP contribution in [-0.2, 0) is 14.8 Å². The average molecular weight is 354 g/mol. The molecule has 1 aromatic carbocycles. The summed E-state index contributed by atoms with van der Waals surface area (Å²) in [4.78, 5) is 15.9. The summed E-state index contributed by atoms with van der Waals surface area (Å²) < 4.78 is 26.5. The average Bonchev–Trinajstić information content (AvgIpc) is 2.49. The summed E-state index contributed by atoms with van der Waals surface area (Å²) in [6.45, 7) is 1.80. The molecule has 0 aliphatic carbocycles. The Balaban J connectivity index is 1.89. The lowest BCUT2D eigenvalue weighted by molar-refractivity contribution is -0.116. The Labute approximate surface area is 139 Å². The Morgan fingerprint density at radius 3 is 2.74 bits per heavy atom. The van der Waals surface area contributed by atoms with E-state index in [9.17, 15) is 13.2 Å². The predicted octanol–water partition coefficient (Wildman–Crippen LogP) is 2.35. The number of rotatable bonds is 6. The highest BCUT2D eigenvalue weighted by atomic mass is 35.5. The van der Waals surface area contributed by atoms with Crippen LogP contribution >= 0.6 is 11.6 Å².